The minimum absolute atomic E-state index is 0.171. The number of nitrogens with zero attached hydrogens (tertiary/aromatic N) is 3. The molecular weight excluding hydrogens is 663 g/mol. The highest BCUT2D eigenvalue weighted by atomic mass is 32.2. The largest absolute Gasteiger partial charge is 0.493 e. The molecule has 2 N–H and O–H groups in total. The number of ether oxygens (including phenoxy) is 4. The first kappa shape index (κ1) is 36.1. The molecule has 0 spiro atoms. The molecule has 5 rings (SSSR count). The zero-order valence-electron chi connectivity index (χ0n) is 28.9. The smallest absolute Gasteiger partial charge is 0.288 e. The maximum Gasteiger partial charge on any atom is 0.288 e. The van der Waals surface area contributed by atoms with Gasteiger partial charge >= 0.3 is 0 Å². The van der Waals surface area contributed by atoms with E-state index in [1.165, 1.54) is 11.8 Å². The van der Waals surface area contributed by atoms with Gasteiger partial charge in [-0.25, -0.2) is 9.71 Å². The summed E-state index contributed by atoms with van der Waals surface area (Å²) in [4.78, 5) is 6.58. The summed E-state index contributed by atoms with van der Waals surface area (Å²) in [5.74, 6) is 3.76. The van der Waals surface area contributed by atoms with E-state index in [9.17, 15) is 4.21 Å². The number of H-pyrrole nitrogens is 1. The molecule has 0 aliphatic heterocycles. The van der Waals surface area contributed by atoms with Crippen LogP contribution in [0, 0.1) is 13.8 Å². The first-order valence-electron chi connectivity index (χ1n) is 16.6. The van der Waals surface area contributed by atoms with Crippen LogP contribution in [0.3, 0.4) is 0 Å². The van der Waals surface area contributed by atoms with E-state index in [2.05, 4.69) is 29.7 Å². The minimum Gasteiger partial charge on any atom is -0.493 e. The Bertz CT molecular complexity index is 1860. The molecule has 262 valence electrons. The summed E-state index contributed by atoms with van der Waals surface area (Å²) >= 11 is -0.330. The quantitative estimate of drug-likeness (QED) is 0.0816. The van der Waals surface area contributed by atoms with Gasteiger partial charge in [0.15, 0.2) is 28.6 Å². The lowest BCUT2D eigenvalue weighted by molar-refractivity contribution is 0.301. The fraction of sp³-hybridized carbons (Fsp3) is 0.389. The Morgan fingerprint density at radius 2 is 1.57 bits per heavy atom. The van der Waals surface area contributed by atoms with E-state index < -0.39 is 11.3 Å². The third kappa shape index (κ3) is 9.49. The molecular formula is C36H45N5O6S2. The summed E-state index contributed by atoms with van der Waals surface area (Å²) in [6.07, 6.45) is 3.94. The van der Waals surface area contributed by atoms with Crippen molar-refractivity contribution >= 4 is 28.7 Å². The summed E-state index contributed by atoms with van der Waals surface area (Å²) in [6, 6.07) is 19.2. The number of benzene rings is 3. The average molecular weight is 708 g/mol. The molecule has 0 radical (unpaired) electrons. The number of aryl methyl sites for hydroxylation is 2. The maximum atomic E-state index is 13.0. The van der Waals surface area contributed by atoms with E-state index in [1.807, 2.05) is 75.4 Å². The summed E-state index contributed by atoms with van der Waals surface area (Å²) in [5, 5.41) is 8.03. The third-order valence-corrected chi connectivity index (χ3v) is 9.41. The highest BCUT2D eigenvalue weighted by Crippen LogP contribution is 2.44. The molecule has 2 heterocycles. The molecule has 11 nitrogen and oxygen atoms in total. The number of hydrogen-bond acceptors (Lipinski definition) is 9. The van der Waals surface area contributed by atoms with Crippen molar-refractivity contribution in [3.63, 3.8) is 0 Å². The van der Waals surface area contributed by atoms with Crippen LogP contribution in [0.1, 0.15) is 69.3 Å². The Labute approximate surface area is 294 Å². The van der Waals surface area contributed by atoms with Crippen LogP contribution in [0.4, 0.5) is 0 Å². The minimum atomic E-state index is -1.81. The zero-order chi connectivity index (χ0) is 34.8. The van der Waals surface area contributed by atoms with Crippen LogP contribution in [0.5, 0.6) is 34.6 Å². The van der Waals surface area contributed by atoms with E-state index in [1.54, 1.807) is 11.7 Å². The van der Waals surface area contributed by atoms with E-state index in [-0.39, 0.29) is 5.92 Å². The predicted octanol–water partition coefficient (Wildman–Crippen LogP) is 8.33. The van der Waals surface area contributed by atoms with Gasteiger partial charge in [-0.15, -0.1) is 9.73 Å². The van der Waals surface area contributed by atoms with Crippen molar-refractivity contribution in [3.05, 3.63) is 77.6 Å². The summed E-state index contributed by atoms with van der Waals surface area (Å²) in [6.45, 7) is 11.7. The number of aromatic nitrogens is 4. The first-order valence-corrected chi connectivity index (χ1v) is 18.5. The van der Waals surface area contributed by atoms with Crippen molar-refractivity contribution in [2.75, 3.05) is 26.9 Å². The number of unbranched alkanes of at least 4 members (excludes halogenated alkanes) is 2. The molecule has 0 amide bonds. The molecule has 49 heavy (non-hydrogen) atoms. The van der Waals surface area contributed by atoms with Crippen LogP contribution in [0.25, 0.3) is 5.65 Å². The van der Waals surface area contributed by atoms with Gasteiger partial charge in [-0.3, -0.25) is 5.10 Å². The monoisotopic (exact) mass is 707 g/mol. The molecule has 3 aromatic carbocycles. The summed E-state index contributed by atoms with van der Waals surface area (Å²) in [7, 11) is 1.60. The van der Waals surface area contributed by atoms with Gasteiger partial charge in [-0.1, -0.05) is 69.6 Å². The van der Waals surface area contributed by atoms with Gasteiger partial charge in [0, 0.05) is 12.5 Å². The van der Waals surface area contributed by atoms with Crippen molar-refractivity contribution in [2.24, 2.45) is 0 Å². The zero-order valence-corrected chi connectivity index (χ0v) is 30.5. The van der Waals surface area contributed by atoms with E-state index in [4.69, 9.17) is 33.2 Å². The van der Waals surface area contributed by atoms with Crippen molar-refractivity contribution < 1.29 is 27.3 Å². The predicted molar refractivity (Wildman–Crippen MR) is 193 cm³/mol. The average Bonchev–Trinajstić information content (AvgIpc) is 3.64. The lowest BCUT2D eigenvalue weighted by Crippen LogP contribution is -2.26. The summed E-state index contributed by atoms with van der Waals surface area (Å²) in [5.41, 5.74) is 2.67. The van der Waals surface area contributed by atoms with Gasteiger partial charge in [-0.05, 0) is 74.2 Å². The summed E-state index contributed by atoms with van der Waals surface area (Å²) < 4.78 is 47.2. The van der Waals surface area contributed by atoms with Gasteiger partial charge in [0.2, 0.25) is 0 Å². The number of hydrogen-bond donors (Lipinski definition) is 2. The van der Waals surface area contributed by atoms with Crippen molar-refractivity contribution in [2.45, 2.75) is 76.0 Å². The van der Waals surface area contributed by atoms with Gasteiger partial charge in [0.25, 0.3) is 17.1 Å². The molecule has 0 aliphatic rings. The van der Waals surface area contributed by atoms with Crippen LogP contribution in [0.2, 0.25) is 0 Å². The third-order valence-electron chi connectivity index (χ3n) is 7.57. The Morgan fingerprint density at radius 3 is 2.29 bits per heavy atom. The number of nitrogens with one attached hydrogen (secondary N) is 2. The van der Waals surface area contributed by atoms with Gasteiger partial charge in [0.1, 0.15) is 16.5 Å². The van der Waals surface area contributed by atoms with Gasteiger partial charge in [-0.2, -0.15) is 4.21 Å². The van der Waals surface area contributed by atoms with Gasteiger partial charge < -0.3 is 23.1 Å². The van der Waals surface area contributed by atoms with Crippen LogP contribution in [-0.2, 0) is 11.3 Å². The van der Waals surface area contributed by atoms with Crippen molar-refractivity contribution in [1.29, 1.82) is 0 Å². The van der Waals surface area contributed by atoms with Gasteiger partial charge in [0.05, 0.1) is 25.2 Å². The molecule has 5 aromatic rings. The van der Waals surface area contributed by atoms with E-state index in [0.717, 1.165) is 47.5 Å². The SMILES string of the molecule is CCCCOc1ccc(C)cc1OS(=O)NCC(C)c1nc2c(Sc3cc(C)ccc3OCCCC)c(Oc3ccccc3OC)nn2[nH]1. The van der Waals surface area contributed by atoms with Crippen LogP contribution in [0.15, 0.2) is 70.5 Å². The first-order chi connectivity index (χ1) is 23.8. The second kappa shape index (κ2) is 17.5. The number of rotatable bonds is 19. The lowest BCUT2D eigenvalue weighted by atomic mass is 10.2. The number of para-hydroxylation sites is 2. The Morgan fingerprint density at radius 1 is 0.898 bits per heavy atom. The number of aromatic amines is 1. The highest BCUT2D eigenvalue weighted by Gasteiger charge is 2.24. The fourth-order valence-electron chi connectivity index (χ4n) is 4.76. The van der Waals surface area contributed by atoms with Crippen LogP contribution >= 0.6 is 11.8 Å². The van der Waals surface area contributed by atoms with Crippen LogP contribution < -0.4 is 27.9 Å². The number of fused-ring (bicyclic) bond motifs is 1. The maximum absolute atomic E-state index is 13.0. The normalized spacial score (nSPS) is 12.5. The highest BCUT2D eigenvalue weighted by molar-refractivity contribution is 7.99. The van der Waals surface area contributed by atoms with Crippen LogP contribution in [-0.4, -0.2) is 50.9 Å². The lowest BCUT2D eigenvalue weighted by Gasteiger charge is -2.14. The Hall–Kier alpha value is -4.20. The second-order valence-corrected chi connectivity index (χ2v) is 13.7. The topological polar surface area (TPSA) is 121 Å². The molecule has 0 bridgehead atoms. The van der Waals surface area contributed by atoms with Crippen molar-refractivity contribution in [3.8, 4) is 34.6 Å². The molecule has 2 aromatic heterocycles. The molecule has 0 saturated heterocycles. The fourth-order valence-corrected chi connectivity index (χ4v) is 6.58. The molecule has 2 atom stereocenters. The second-order valence-electron chi connectivity index (χ2n) is 11.7. The molecule has 0 aliphatic carbocycles. The molecule has 0 fully saturated rings. The Kier molecular flexibility index (Phi) is 12.9. The molecule has 2 unspecified atom stereocenters. The molecule has 13 heteroatoms. The molecule has 0 saturated carbocycles. The van der Waals surface area contributed by atoms with E-state index in [0.29, 0.717) is 65.0 Å². The standard InChI is InChI=1S/C36H45N5O6S2/c1-7-9-19-44-28-17-15-24(3)21-31(28)47-49(42)37-23-26(5)34-38-35-33(48-32-22-25(4)16-18-30(32)45-20-10-8-2)36(40-41(35)39-34)46-29-14-12-11-13-27(29)43-6/h11-18,21-22,26,37H,7-10,19-20,23H2,1-6H3,(H,38,39). The number of methoxy groups -OCH3 is 1. The van der Waals surface area contributed by atoms with Crippen molar-refractivity contribution in [1.82, 2.24) is 24.5 Å². The van der Waals surface area contributed by atoms with E-state index >= 15 is 0 Å². The Balaban J connectivity index is 1.37.